The second-order valence-corrected chi connectivity index (χ2v) is 4.89. The zero-order valence-electron chi connectivity index (χ0n) is 10.9. The second kappa shape index (κ2) is 4.49. The van der Waals surface area contributed by atoms with Gasteiger partial charge in [0.1, 0.15) is 0 Å². The van der Waals surface area contributed by atoms with Crippen molar-refractivity contribution in [2.75, 3.05) is 4.90 Å². The number of fused-ring (bicyclic) bond motifs is 1. The van der Waals surface area contributed by atoms with Crippen LogP contribution in [0.15, 0.2) is 59.1 Å². The molecule has 3 aromatic rings. The monoisotopic (exact) mass is 263 g/mol. The number of anilines is 1. The van der Waals surface area contributed by atoms with Gasteiger partial charge in [-0.05, 0) is 28.4 Å². The van der Waals surface area contributed by atoms with Crippen LogP contribution >= 0.6 is 0 Å². The van der Waals surface area contributed by atoms with Crippen LogP contribution < -0.4 is 4.90 Å². The lowest BCUT2D eigenvalue weighted by atomic mass is 10.1. The average Bonchev–Trinajstić information content (AvgIpc) is 3.14. The van der Waals surface area contributed by atoms with Crippen LogP contribution in [0.5, 0.6) is 0 Å². The highest BCUT2D eigenvalue weighted by atomic mass is 16.5. The summed E-state index contributed by atoms with van der Waals surface area (Å²) in [7, 11) is 0. The first kappa shape index (κ1) is 11.2. The van der Waals surface area contributed by atoms with E-state index in [9.17, 15) is 0 Å². The van der Waals surface area contributed by atoms with Gasteiger partial charge in [0, 0.05) is 18.7 Å². The van der Waals surface area contributed by atoms with Crippen LogP contribution in [0.4, 0.5) is 5.95 Å². The molecule has 0 atom stereocenters. The Kier molecular flexibility index (Phi) is 2.52. The molecule has 0 N–H and O–H groups in total. The van der Waals surface area contributed by atoms with Gasteiger partial charge in [-0.25, -0.2) is 0 Å². The molecular formula is C16H13N3O. The van der Waals surface area contributed by atoms with Crippen molar-refractivity contribution in [2.24, 2.45) is 0 Å². The topological polar surface area (TPSA) is 42.2 Å². The summed E-state index contributed by atoms with van der Waals surface area (Å²) in [5, 5.41) is 4.10. The smallest absolute Gasteiger partial charge is 0.266 e. The van der Waals surface area contributed by atoms with Gasteiger partial charge in [0.25, 0.3) is 11.8 Å². The van der Waals surface area contributed by atoms with Gasteiger partial charge in [-0.3, -0.25) is 0 Å². The molecule has 0 bridgehead atoms. The van der Waals surface area contributed by atoms with Crippen LogP contribution in [0, 0.1) is 0 Å². The van der Waals surface area contributed by atoms with E-state index in [2.05, 4.69) is 39.3 Å². The standard InChI is InChI=1S/C16H13N3O/c1-2-6-12(7-3-1)15-17-16(18-20-15)19-10-13-8-4-5-9-14(13)11-19/h1-9H,10-11H2. The third-order valence-corrected chi connectivity index (χ3v) is 3.56. The SMILES string of the molecule is c1ccc(-c2nc(N3Cc4ccccc4C3)no2)cc1. The summed E-state index contributed by atoms with van der Waals surface area (Å²) in [6.07, 6.45) is 0. The largest absolute Gasteiger partial charge is 0.332 e. The zero-order valence-corrected chi connectivity index (χ0v) is 10.9. The van der Waals surface area contributed by atoms with Gasteiger partial charge in [-0.15, -0.1) is 0 Å². The lowest BCUT2D eigenvalue weighted by Crippen LogP contribution is -2.15. The highest BCUT2D eigenvalue weighted by Gasteiger charge is 2.22. The molecule has 0 saturated heterocycles. The number of benzene rings is 2. The van der Waals surface area contributed by atoms with E-state index < -0.39 is 0 Å². The van der Waals surface area contributed by atoms with Crippen LogP contribution in [-0.2, 0) is 13.1 Å². The maximum absolute atomic E-state index is 5.36. The minimum absolute atomic E-state index is 0.566. The number of hydrogen-bond donors (Lipinski definition) is 0. The molecule has 20 heavy (non-hydrogen) atoms. The Labute approximate surface area is 116 Å². The van der Waals surface area contributed by atoms with Crippen LogP contribution in [-0.4, -0.2) is 10.1 Å². The molecule has 0 saturated carbocycles. The van der Waals surface area contributed by atoms with Crippen molar-refractivity contribution in [2.45, 2.75) is 13.1 Å². The summed E-state index contributed by atoms with van der Waals surface area (Å²) in [4.78, 5) is 6.62. The summed E-state index contributed by atoms with van der Waals surface area (Å²) in [5.74, 6) is 1.22. The maximum Gasteiger partial charge on any atom is 0.266 e. The molecule has 4 heteroatoms. The van der Waals surface area contributed by atoms with Gasteiger partial charge in [-0.1, -0.05) is 42.5 Å². The number of hydrogen-bond acceptors (Lipinski definition) is 4. The molecule has 2 aromatic carbocycles. The van der Waals surface area contributed by atoms with Gasteiger partial charge in [-0.2, -0.15) is 4.98 Å². The number of nitrogens with zero attached hydrogens (tertiary/aromatic N) is 3. The Balaban J connectivity index is 1.61. The Morgan fingerprint density at radius 1 is 0.850 bits per heavy atom. The van der Waals surface area contributed by atoms with Crippen molar-refractivity contribution in [3.63, 3.8) is 0 Å². The highest BCUT2D eigenvalue weighted by Crippen LogP contribution is 2.27. The molecule has 1 aliphatic rings. The average molecular weight is 263 g/mol. The summed E-state index contributed by atoms with van der Waals surface area (Å²) < 4.78 is 5.36. The quantitative estimate of drug-likeness (QED) is 0.711. The van der Waals surface area contributed by atoms with Crippen LogP contribution in [0.1, 0.15) is 11.1 Å². The van der Waals surface area contributed by atoms with Crippen molar-refractivity contribution in [1.82, 2.24) is 10.1 Å². The van der Waals surface area contributed by atoms with Crippen LogP contribution in [0.3, 0.4) is 0 Å². The molecule has 0 amide bonds. The van der Waals surface area contributed by atoms with Gasteiger partial charge in [0.2, 0.25) is 0 Å². The molecule has 2 heterocycles. The summed E-state index contributed by atoms with van der Waals surface area (Å²) in [6.45, 7) is 1.67. The minimum Gasteiger partial charge on any atom is -0.332 e. The first-order valence-electron chi connectivity index (χ1n) is 6.61. The fourth-order valence-electron chi connectivity index (χ4n) is 2.52. The Bertz CT molecular complexity index is 711. The predicted molar refractivity (Wildman–Crippen MR) is 76.1 cm³/mol. The molecule has 0 fully saturated rings. The van der Waals surface area contributed by atoms with Crippen molar-refractivity contribution in [1.29, 1.82) is 0 Å². The molecule has 4 nitrogen and oxygen atoms in total. The summed E-state index contributed by atoms with van der Waals surface area (Å²) in [6, 6.07) is 18.3. The number of rotatable bonds is 2. The van der Waals surface area contributed by atoms with E-state index in [0.29, 0.717) is 11.8 Å². The fraction of sp³-hybridized carbons (Fsp3) is 0.125. The highest BCUT2D eigenvalue weighted by molar-refractivity contribution is 5.54. The molecule has 0 unspecified atom stereocenters. The van der Waals surface area contributed by atoms with Crippen molar-refractivity contribution < 1.29 is 4.52 Å². The van der Waals surface area contributed by atoms with Gasteiger partial charge < -0.3 is 9.42 Å². The normalized spacial score (nSPS) is 13.5. The molecule has 98 valence electrons. The minimum atomic E-state index is 0.566. The van der Waals surface area contributed by atoms with Crippen LogP contribution in [0.25, 0.3) is 11.5 Å². The van der Waals surface area contributed by atoms with Crippen LogP contribution in [0.2, 0.25) is 0 Å². The first-order chi connectivity index (χ1) is 9.90. The molecule has 4 rings (SSSR count). The van der Waals surface area contributed by atoms with Crippen molar-refractivity contribution in [3.8, 4) is 11.5 Å². The Morgan fingerprint density at radius 2 is 1.50 bits per heavy atom. The molecule has 1 aliphatic heterocycles. The predicted octanol–water partition coefficient (Wildman–Crippen LogP) is 3.26. The first-order valence-corrected chi connectivity index (χ1v) is 6.61. The summed E-state index contributed by atoms with van der Waals surface area (Å²) in [5.41, 5.74) is 3.61. The van der Waals surface area contributed by atoms with E-state index >= 15 is 0 Å². The van der Waals surface area contributed by atoms with Gasteiger partial charge >= 0.3 is 0 Å². The third kappa shape index (κ3) is 1.86. The van der Waals surface area contributed by atoms with E-state index in [-0.39, 0.29) is 0 Å². The lowest BCUT2D eigenvalue weighted by Gasteiger charge is -2.10. The zero-order chi connectivity index (χ0) is 13.4. The summed E-state index contributed by atoms with van der Waals surface area (Å²) >= 11 is 0. The van der Waals surface area contributed by atoms with E-state index in [1.165, 1.54) is 11.1 Å². The maximum atomic E-state index is 5.36. The number of aromatic nitrogens is 2. The second-order valence-electron chi connectivity index (χ2n) is 4.89. The van der Waals surface area contributed by atoms with E-state index in [1.54, 1.807) is 0 Å². The van der Waals surface area contributed by atoms with E-state index in [0.717, 1.165) is 18.7 Å². The van der Waals surface area contributed by atoms with Gasteiger partial charge in [0.15, 0.2) is 0 Å². The fourth-order valence-corrected chi connectivity index (χ4v) is 2.52. The Hall–Kier alpha value is -2.62. The third-order valence-electron chi connectivity index (χ3n) is 3.56. The van der Waals surface area contributed by atoms with Crippen molar-refractivity contribution >= 4 is 5.95 Å². The molecule has 0 radical (unpaired) electrons. The lowest BCUT2D eigenvalue weighted by molar-refractivity contribution is 0.429. The molecule has 0 aliphatic carbocycles. The van der Waals surface area contributed by atoms with Crippen molar-refractivity contribution in [3.05, 3.63) is 65.7 Å². The Morgan fingerprint density at radius 3 is 2.20 bits per heavy atom. The molecule has 1 aromatic heterocycles. The molecular weight excluding hydrogens is 250 g/mol. The van der Waals surface area contributed by atoms with Gasteiger partial charge in [0.05, 0.1) is 0 Å². The van der Waals surface area contributed by atoms with E-state index in [1.807, 2.05) is 30.3 Å². The molecule has 0 spiro atoms. The van der Waals surface area contributed by atoms with E-state index in [4.69, 9.17) is 4.52 Å².